The molecule has 0 unspecified atom stereocenters. The highest BCUT2D eigenvalue weighted by atomic mass is 32.2. The number of hydrogen-bond acceptors (Lipinski definition) is 5. The van der Waals surface area contributed by atoms with Crippen LogP contribution in [0.15, 0.2) is 51.9 Å². The number of benzene rings is 2. The van der Waals surface area contributed by atoms with Gasteiger partial charge in [-0.2, -0.15) is 4.98 Å². The van der Waals surface area contributed by atoms with E-state index in [9.17, 15) is 12.8 Å². The van der Waals surface area contributed by atoms with Crippen LogP contribution in [-0.4, -0.2) is 18.6 Å². The minimum absolute atomic E-state index is 0.0478. The van der Waals surface area contributed by atoms with Crippen molar-refractivity contribution in [2.45, 2.75) is 25.3 Å². The SMILES string of the molecule is Cc1ccc(S(=O)(=O)NCc2nc(-c3ccccc3F)no2)c(C)c1. The summed E-state index contributed by atoms with van der Waals surface area (Å²) in [6.45, 7) is 3.43. The van der Waals surface area contributed by atoms with E-state index in [0.29, 0.717) is 5.56 Å². The smallest absolute Gasteiger partial charge is 0.242 e. The quantitative estimate of drug-likeness (QED) is 0.755. The van der Waals surface area contributed by atoms with E-state index in [4.69, 9.17) is 4.52 Å². The zero-order valence-electron chi connectivity index (χ0n) is 13.7. The van der Waals surface area contributed by atoms with E-state index in [1.807, 2.05) is 6.92 Å². The second-order valence-electron chi connectivity index (χ2n) is 5.59. The summed E-state index contributed by atoms with van der Waals surface area (Å²) < 4.78 is 46.0. The molecule has 6 nitrogen and oxygen atoms in total. The molecule has 0 bridgehead atoms. The normalized spacial score (nSPS) is 11.6. The lowest BCUT2D eigenvalue weighted by molar-refractivity contribution is 0.375. The molecule has 2 aromatic carbocycles. The minimum atomic E-state index is -3.72. The maximum absolute atomic E-state index is 13.7. The largest absolute Gasteiger partial charge is 0.338 e. The van der Waals surface area contributed by atoms with Crippen molar-refractivity contribution in [3.05, 3.63) is 65.3 Å². The zero-order valence-corrected chi connectivity index (χ0v) is 14.5. The summed E-state index contributed by atoms with van der Waals surface area (Å²) in [4.78, 5) is 4.22. The Morgan fingerprint density at radius 3 is 2.64 bits per heavy atom. The van der Waals surface area contributed by atoms with E-state index in [2.05, 4.69) is 14.9 Å². The van der Waals surface area contributed by atoms with Crippen LogP contribution in [0.2, 0.25) is 0 Å². The summed E-state index contributed by atoms with van der Waals surface area (Å²) in [5, 5.41) is 3.69. The minimum Gasteiger partial charge on any atom is -0.338 e. The number of sulfonamides is 1. The Kier molecular flexibility index (Phi) is 4.65. The lowest BCUT2D eigenvalue weighted by Crippen LogP contribution is -2.24. The van der Waals surface area contributed by atoms with Crippen molar-refractivity contribution in [3.8, 4) is 11.4 Å². The van der Waals surface area contributed by atoms with E-state index in [-0.39, 0.29) is 28.7 Å². The average molecular weight is 361 g/mol. The Labute approximate surface area is 144 Å². The monoisotopic (exact) mass is 361 g/mol. The zero-order chi connectivity index (χ0) is 18.0. The molecular formula is C17H16FN3O3S. The fourth-order valence-electron chi connectivity index (χ4n) is 2.41. The fraction of sp³-hybridized carbons (Fsp3) is 0.176. The summed E-state index contributed by atoms with van der Waals surface area (Å²) in [7, 11) is -3.72. The van der Waals surface area contributed by atoms with E-state index in [0.717, 1.165) is 5.56 Å². The van der Waals surface area contributed by atoms with Crippen molar-refractivity contribution in [1.29, 1.82) is 0 Å². The third-order valence-electron chi connectivity index (χ3n) is 3.62. The summed E-state index contributed by atoms with van der Waals surface area (Å²) >= 11 is 0. The maximum Gasteiger partial charge on any atom is 0.242 e. The topological polar surface area (TPSA) is 85.1 Å². The molecule has 1 N–H and O–H groups in total. The first kappa shape index (κ1) is 17.2. The van der Waals surface area contributed by atoms with Crippen LogP contribution >= 0.6 is 0 Å². The molecule has 1 heterocycles. The number of nitrogens with zero attached hydrogens (tertiary/aromatic N) is 2. The molecule has 0 aliphatic heterocycles. The van der Waals surface area contributed by atoms with Gasteiger partial charge in [0.05, 0.1) is 17.0 Å². The third-order valence-corrected chi connectivity index (χ3v) is 5.18. The van der Waals surface area contributed by atoms with Gasteiger partial charge >= 0.3 is 0 Å². The van der Waals surface area contributed by atoms with Crippen molar-refractivity contribution >= 4 is 10.0 Å². The highest BCUT2D eigenvalue weighted by molar-refractivity contribution is 7.89. The Hall–Kier alpha value is -2.58. The van der Waals surface area contributed by atoms with Crippen molar-refractivity contribution in [2.75, 3.05) is 0 Å². The predicted octanol–water partition coefficient (Wildman–Crippen LogP) is 2.97. The second kappa shape index (κ2) is 6.73. The van der Waals surface area contributed by atoms with Crippen LogP contribution in [0.4, 0.5) is 4.39 Å². The van der Waals surface area contributed by atoms with Gasteiger partial charge < -0.3 is 4.52 Å². The van der Waals surface area contributed by atoms with Gasteiger partial charge in [-0.15, -0.1) is 0 Å². The van der Waals surface area contributed by atoms with Crippen LogP contribution in [0.5, 0.6) is 0 Å². The average Bonchev–Trinajstić information content (AvgIpc) is 3.02. The van der Waals surface area contributed by atoms with Gasteiger partial charge in [-0.1, -0.05) is 35.0 Å². The van der Waals surface area contributed by atoms with Crippen molar-refractivity contribution in [2.24, 2.45) is 0 Å². The molecule has 3 rings (SSSR count). The van der Waals surface area contributed by atoms with Gasteiger partial charge in [-0.3, -0.25) is 0 Å². The summed E-state index contributed by atoms with van der Waals surface area (Å²) in [5.41, 5.74) is 1.81. The number of aryl methyl sites for hydroxylation is 2. The standard InChI is InChI=1S/C17H16FN3O3S/c1-11-7-8-15(12(2)9-11)25(22,23)19-10-16-20-17(21-24-16)13-5-3-4-6-14(13)18/h3-9,19H,10H2,1-2H3. The number of aromatic nitrogens is 2. The third kappa shape index (κ3) is 3.75. The molecule has 0 spiro atoms. The number of nitrogens with one attached hydrogen (secondary N) is 1. The number of rotatable bonds is 5. The van der Waals surface area contributed by atoms with Crippen LogP contribution in [0.3, 0.4) is 0 Å². The Balaban J connectivity index is 1.77. The first-order chi connectivity index (χ1) is 11.9. The number of hydrogen-bond donors (Lipinski definition) is 1. The van der Waals surface area contributed by atoms with E-state index >= 15 is 0 Å². The Morgan fingerprint density at radius 2 is 1.92 bits per heavy atom. The Morgan fingerprint density at radius 1 is 1.16 bits per heavy atom. The van der Waals surface area contributed by atoms with Gasteiger partial charge in [0, 0.05) is 0 Å². The van der Waals surface area contributed by atoms with E-state index in [1.165, 1.54) is 12.1 Å². The fourth-order valence-corrected chi connectivity index (χ4v) is 3.61. The molecule has 0 aliphatic rings. The summed E-state index contributed by atoms with van der Waals surface area (Å²) in [6, 6.07) is 11.1. The molecule has 0 radical (unpaired) electrons. The maximum atomic E-state index is 13.7. The molecule has 25 heavy (non-hydrogen) atoms. The molecule has 1 aromatic heterocycles. The first-order valence-corrected chi connectivity index (χ1v) is 8.99. The van der Waals surface area contributed by atoms with Gasteiger partial charge in [-0.25, -0.2) is 17.5 Å². The first-order valence-electron chi connectivity index (χ1n) is 7.51. The van der Waals surface area contributed by atoms with E-state index in [1.54, 1.807) is 37.3 Å². The van der Waals surface area contributed by atoms with Crippen molar-refractivity contribution in [3.63, 3.8) is 0 Å². The highest BCUT2D eigenvalue weighted by Crippen LogP contribution is 2.20. The van der Waals surface area contributed by atoms with Gasteiger partial charge in [0.25, 0.3) is 0 Å². The van der Waals surface area contributed by atoms with Gasteiger partial charge in [0.1, 0.15) is 5.82 Å². The molecule has 0 saturated heterocycles. The van der Waals surface area contributed by atoms with Gasteiger partial charge in [-0.05, 0) is 37.6 Å². The van der Waals surface area contributed by atoms with Gasteiger partial charge in [0.2, 0.25) is 21.7 Å². The molecule has 0 amide bonds. The predicted molar refractivity (Wildman–Crippen MR) is 89.6 cm³/mol. The van der Waals surface area contributed by atoms with Gasteiger partial charge in [0.15, 0.2) is 0 Å². The highest BCUT2D eigenvalue weighted by Gasteiger charge is 2.19. The number of halogens is 1. The molecule has 130 valence electrons. The molecule has 0 atom stereocenters. The molecule has 8 heteroatoms. The van der Waals surface area contributed by atoms with Crippen LogP contribution in [0.1, 0.15) is 17.0 Å². The molecule has 0 fully saturated rings. The second-order valence-corrected chi connectivity index (χ2v) is 7.32. The van der Waals surface area contributed by atoms with Crippen LogP contribution in [0, 0.1) is 19.7 Å². The molecule has 3 aromatic rings. The van der Waals surface area contributed by atoms with Crippen LogP contribution in [-0.2, 0) is 16.6 Å². The van der Waals surface area contributed by atoms with Crippen LogP contribution in [0.25, 0.3) is 11.4 Å². The van der Waals surface area contributed by atoms with E-state index < -0.39 is 15.8 Å². The Bertz CT molecular complexity index is 1020. The van der Waals surface area contributed by atoms with Crippen molar-refractivity contribution in [1.82, 2.24) is 14.9 Å². The lowest BCUT2D eigenvalue weighted by atomic mass is 10.2. The van der Waals surface area contributed by atoms with Crippen molar-refractivity contribution < 1.29 is 17.3 Å². The summed E-state index contributed by atoms with van der Waals surface area (Å²) in [6.07, 6.45) is 0. The molecule has 0 aliphatic carbocycles. The van der Waals surface area contributed by atoms with Crippen LogP contribution < -0.4 is 4.72 Å². The summed E-state index contributed by atoms with van der Waals surface area (Å²) in [5.74, 6) is -0.365. The molecular weight excluding hydrogens is 345 g/mol. The molecule has 0 saturated carbocycles. The lowest BCUT2D eigenvalue weighted by Gasteiger charge is -2.08.